The van der Waals surface area contributed by atoms with E-state index in [0.29, 0.717) is 10.6 Å². The van der Waals surface area contributed by atoms with Crippen molar-refractivity contribution in [3.05, 3.63) is 40.3 Å². The largest absolute Gasteiger partial charge is 0.465 e. The minimum Gasteiger partial charge on any atom is -0.465 e. The quantitative estimate of drug-likeness (QED) is 0.870. The summed E-state index contributed by atoms with van der Waals surface area (Å²) in [5, 5.41) is 0. The molecule has 2 aromatic rings. The fourth-order valence-corrected chi connectivity index (χ4v) is 3.44. The van der Waals surface area contributed by atoms with E-state index in [-0.39, 0.29) is 5.97 Å². The minimum absolute atomic E-state index is 0.364. The van der Waals surface area contributed by atoms with E-state index in [4.69, 9.17) is 10.5 Å². The Morgan fingerprint density at radius 1 is 1.37 bits per heavy atom. The van der Waals surface area contributed by atoms with Crippen molar-refractivity contribution in [2.24, 2.45) is 0 Å². The van der Waals surface area contributed by atoms with Gasteiger partial charge in [0, 0.05) is 4.88 Å². The summed E-state index contributed by atoms with van der Waals surface area (Å²) in [7, 11) is 1.38. The lowest BCUT2D eigenvalue weighted by Gasteiger charge is -2.05. The summed E-state index contributed by atoms with van der Waals surface area (Å²) >= 11 is 1.41. The second-order valence-corrected chi connectivity index (χ2v) is 5.33. The van der Waals surface area contributed by atoms with Crippen LogP contribution in [0.15, 0.2) is 24.3 Å². The van der Waals surface area contributed by atoms with Crippen LogP contribution in [0.2, 0.25) is 0 Å². The number of hydrogen-bond donors (Lipinski definition) is 1. The van der Waals surface area contributed by atoms with Gasteiger partial charge in [-0.05, 0) is 30.0 Å². The number of hydrogen-bond acceptors (Lipinski definition) is 4. The highest BCUT2D eigenvalue weighted by atomic mass is 32.1. The summed E-state index contributed by atoms with van der Waals surface area (Å²) in [6, 6.07) is 8.11. The van der Waals surface area contributed by atoms with Gasteiger partial charge in [-0.2, -0.15) is 0 Å². The zero-order chi connectivity index (χ0) is 14.0. The van der Waals surface area contributed by atoms with Crippen molar-refractivity contribution in [3.8, 4) is 10.4 Å². The molecule has 0 amide bonds. The summed E-state index contributed by atoms with van der Waals surface area (Å²) in [4.78, 5) is 13.3. The molecule has 0 aliphatic rings. The Kier molecular flexibility index (Phi) is 3.90. The van der Waals surface area contributed by atoms with Crippen molar-refractivity contribution in [1.29, 1.82) is 0 Å². The predicted octanol–water partition coefficient (Wildman–Crippen LogP) is 3.65. The second-order valence-electron chi connectivity index (χ2n) is 4.31. The number of nitrogens with two attached hydrogens (primary N) is 1. The molecule has 0 bridgehead atoms. The number of benzene rings is 1. The van der Waals surface area contributed by atoms with Gasteiger partial charge >= 0.3 is 5.97 Å². The maximum absolute atomic E-state index is 11.7. The number of carbonyl (C=O) groups is 1. The summed E-state index contributed by atoms with van der Waals surface area (Å²) < 4.78 is 4.79. The molecule has 0 atom stereocenters. The van der Waals surface area contributed by atoms with E-state index in [1.54, 1.807) is 0 Å². The van der Waals surface area contributed by atoms with Gasteiger partial charge in [0.15, 0.2) is 0 Å². The molecule has 0 spiro atoms. The highest BCUT2D eigenvalue weighted by Crippen LogP contribution is 2.40. The molecule has 3 nitrogen and oxygen atoms in total. The molecular weight excluding hydrogens is 258 g/mol. The number of aryl methyl sites for hydroxylation is 1. The van der Waals surface area contributed by atoms with E-state index in [2.05, 4.69) is 19.1 Å². The third-order valence-electron chi connectivity index (χ3n) is 3.16. The predicted molar refractivity (Wildman–Crippen MR) is 79.6 cm³/mol. The first-order valence-corrected chi connectivity index (χ1v) is 6.97. The van der Waals surface area contributed by atoms with Crippen molar-refractivity contribution < 1.29 is 9.53 Å². The summed E-state index contributed by atoms with van der Waals surface area (Å²) in [5.74, 6) is -0.364. The average Bonchev–Trinajstić information content (AvgIpc) is 2.75. The van der Waals surface area contributed by atoms with Crippen molar-refractivity contribution in [2.45, 2.75) is 20.3 Å². The van der Waals surface area contributed by atoms with Crippen LogP contribution in [0.5, 0.6) is 0 Å². The van der Waals surface area contributed by atoms with Crippen LogP contribution in [0.25, 0.3) is 10.4 Å². The van der Waals surface area contributed by atoms with Gasteiger partial charge in [0.2, 0.25) is 0 Å². The van der Waals surface area contributed by atoms with E-state index in [1.807, 2.05) is 19.1 Å². The average molecular weight is 275 g/mol. The van der Waals surface area contributed by atoms with Gasteiger partial charge in [0.05, 0.1) is 12.8 Å². The fraction of sp³-hybridized carbons (Fsp3) is 0.267. The molecule has 1 aromatic heterocycles. The number of ether oxygens (including phenoxy) is 1. The smallest absolute Gasteiger partial charge is 0.350 e. The van der Waals surface area contributed by atoms with Crippen molar-refractivity contribution in [2.75, 3.05) is 12.8 Å². The van der Waals surface area contributed by atoms with Crippen LogP contribution >= 0.6 is 11.3 Å². The Morgan fingerprint density at radius 2 is 2.05 bits per heavy atom. The van der Waals surface area contributed by atoms with Gasteiger partial charge in [-0.1, -0.05) is 31.2 Å². The normalized spacial score (nSPS) is 10.5. The molecule has 1 aromatic carbocycles. The van der Waals surface area contributed by atoms with E-state index >= 15 is 0 Å². The van der Waals surface area contributed by atoms with Crippen LogP contribution in [0.1, 0.15) is 27.7 Å². The number of carbonyl (C=O) groups excluding carboxylic acids is 1. The Bertz CT molecular complexity index is 617. The highest BCUT2D eigenvalue weighted by molar-refractivity contribution is 7.18. The molecule has 0 unspecified atom stereocenters. The molecule has 0 fully saturated rings. The molecule has 0 radical (unpaired) electrons. The molecule has 19 heavy (non-hydrogen) atoms. The summed E-state index contributed by atoms with van der Waals surface area (Å²) in [6.07, 6.45) is 0.795. The van der Waals surface area contributed by atoms with Gasteiger partial charge in [-0.25, -0.2) is 4.79 Å². The monoisotopic (exact) mass is 275 g/mol. The Balaban J connectivity index is 2.64. The first kappa shape index (κ1) is 13.6. The SMILES string of the molecule is CCc1c(-c2ccccc2C)sc(C(=O)OC)c1N. The zero-order valence-electron chi connectivity index (χ0n) is 11.3. The number of esters is 1. The summed E-state index contributed by atoms with van der Waals surface area (Å²) in [5.41, 5.74) is 9.98. The Hall–Kier alpha value is -1.81. The maximum atomic E-state index is 11.7. The minimum atomic E-state index is -0.364. The number of methoxy groups -OCH3 is 1. The lowest BCUT2D eigenvalue weighted by molar-refractivity contribution is 0.0607. The second kappa shape index (κ2) is 5.45. The van der Waals surface area contributed by atoms with Crippen molar-refractivity contribution in [1.82, 2.24) is 0 Å². The molecule has 0 aliphatic carbocycles. The van der Waals surface area contributed by atoms with Crippen LogP contribution in [-0.4, -0.2) is 13.1 Å². The van der Waals surface area contributed by atoms with E-state index in [0.717, 1.165) is 22.4 Å². The lowest BCUT2D eigenvalue weighted by Crippen LogP contribution is -2.02. The third-order valence-corrected chi connectivity index (χ3v) is 4.42. The van der Waals surface area contributed by atoms with Gasteiger partial charge in [-0.15, -0.1) is 11.3 Å². The van der Waals surface area contributed by atoms with Gasteiger partial charge in [0.1, 0.15) is 4.88 Å². The van der Waals surface area contributed by atoms with E-state index < -0.39 is 0 Å². The van der Waals surface area contributed by atoms with Crippen LogP contribution in [-0.2, 0) is 11.2 Å². The van der Waals surface area contributed by atoms with Crippen LogP contribution in [0.3, 0.4) is 0 Å². The third kappa shape index (κ3) is 2.36. The first-order chi connectivity index (χ1) is 9.10. The maximum Gasteiger partial charge on any atom is 0.350 e. The van der Waals surface area contributed by atoms with Crippen molar-refractivity contribution >= 4 is 23.0 Å². The molecule has 1 heterocycles. The molecule has 2 rings (SSSR count). The molecule has 0 aliphatic heterocycles. The number of nitrogen functional groups attached to an aromatic ring is 1. The zero-order valence-corrected chi connectivity index (χ0v) is 12.1. The van der Waals surface area contributed by atoms with Crippen LogP contribution < -0.4 is 5.73 Å². The molecule has 2 N–H and O–H groups in total. The molecule has 4 heteroatoms. The molecule has 0 saturated heterocycles. The van der Waals surface area contributed by atoms with Gasteiger partial charge in [-0.3, -0.25) is 0 Å². The van der Waals surface area contributed by atoms with Crippen LogP contribution in [0.4, 0.5) is 5.69 Å². The standard InChI is InChI=1S/C15H17NO2S/c1-4-10-12(16)14(15(17)18-3)19-13(10)11-8-6-5-7-9(11)2/h5-8H,4,16H2,1-3H3. The lowest BCUT2D eigenvalue weighted by atomic mass is 10.0. The topological polar surface area (TPSA) is 52.3 Å². The number of rotatable bonds is 3. The first-order valence-electron chi connectivity index (χ1n) is 6.15. The van der Waals surface area contributed by atoms with E-state index in [9.17, 15) is 4.79 Å². The van der Waals surface area contributed by atoms with Gasteiger partial charge in [0.25, 0.3) is 0 Å². The Labute approximate surface area is 117 Å². The number of anilines is 1. The van der Waals surface area contributed by atoms with Crippen molar-refractivity contribution in [3.63, 3.8) is 0 Å². The molecular formula is C15H17NO2S. The fourth-order valence-electron chi connectivity index (χ4n) is 2.12. The summed E-state index contributed by atoms with van der Waals surface area (Å²) in [6.45, 7) is 4.10. The Morgan fingerprint density at radius 3 is 2.63 bits per heavy atom. The number of thiophene rings is 1. The molecule has 0 saturated carbocycles. The van der Waals surface area contributed by atoms with Crippen LogP contribution in [0, 0.1) is 6.92 Å². The van der Waals surface area contributed by atoms with Gasteiger partial charge < -0.3 is 10.5 Å². The molecule has 100 valence electrons. The highest BCUT2D eigenvalue weighted by Gasteiger charge is 2.21. The van der Waals surface area contributed by atoms with E-state index in [1.165, 1.54) is 24.0 Å².